The van der Waals surface area contributed by atoms with E-state index in [1.807, 2.05) is 0 Å². The largest absolute Gasteiger partial charge is 0.373 e. The van der Waals surface area contributed by atoms with Crippen molar-refractivity contribution in [2.45, 2.75) is 45.3 Å². The van der Waals surface area contributed by atoms with E-state index in [0.29, 0.717) is 18.1 Å². The van der Waals surface area contributed by atoms with Gasteiger partial charge in [-0.2, -0.15) is 0 Å². The Labute approximate surface area is 82.3 Å². The Morgan fingerprint density at radius 2 is 2.00 bits per heavy atom. The van der Waals surface area contributed by atoms with Crippen molar-refractivity contribution < 1.29 is 4.74 Å². The first-order valence-electron chi connectivity index (χ1n) is 5.39. The number of ether oxygens (including phenoxy) is 1. The van der Waals surface area contributed by atoms with Gasteiger partial charge in [-0.05, 0) is 39.3 Å². The molecule has 13 heavy (non-hydrogen) atoms. The van der Waals surface area contributed by atoms with Crippen LogP contribution in [0.1, 0.15) is 33.1 Å². The van der Waals surface area contributed by atoms with E-state index in [0.717, 1.165) is 6.54 Å². The number of rotatable bonds is 3. The van der Waals surface area contributed by atoms with Crippen LogP contribution in [0, 0.1) is 5.92 Å². The summed E-state index contributed by atoms with van der Waals surface area (Å²) in [6.07, 6.45) is 4.79. The van der Waals surface area contributed by atoms with Gasteiger partial charge >= 0.3 is 0 Å². The van der Waals surface area contributed by atoms with E-state index < -0.39 is 0 Å². The average Bonchev–Trinajstić information content (AvgIpc) is 2.03. The van der Waals surface area contributed by atoms with Crippen LogP contribution < -0.4 is 0 Å². The Hall–Kier alpha value is -0.0800. The minimum Gasteiger partial charge on any atom is -0.373 e. The molecular formula is C11H23NO. The normalized spacial score (nSPS) is 30.0. The maximum absolute atomic E-state index is 6.02. The molecule has 1 heterocycles. The number of nitrogens with zero attached hydrogens (tertiary/aromatic N) is 1. The number of likely N-dealkylation sites (N-methyl/N-ethyl adjacent to an activating group) is 1. The first-order valence-corrected chi connectivity index (χ1v) is 5.39. The summed E-state index contributed by atoms with van der Waals surface area (Å²) in [6, 6.07) is 0. The Balaban J connectivity index is 2.33. The molecule has 0 N–H and O–H groups in total. The third-order valence-electron chi connectivity index (χ3n) is 2.69. The summed E-state index contributed by atoms with van der Waals surface area (Å²) in [5.41, 5.74) is 0. The van der Waals surface area contributed by atoms with Crippen molar-refractivity contribution in [3.63, 3.8) is 0 Å². The molecule has 0 amide bonds. The number of hydrogen-bond acceptors (Lipinski definition) is 2. The van der Waals surface area contributed by atoms with E-state index in [1.165, 1.54) is 19.3 Å². The fraction of sp³-hybridized carbons (Fsp3) is 1.00. The van der Waals surface area contributed by atoms with Crippen molar-refractivity contribution in [2.24, 2.45) is 5.92 Å². The first kappa shape index (κ1) is 11.0. The molecule has 0 spiro atoms. The van der Waals surface area contributed by atoms with Crippen molar-refractivity contribution >= 4 is 0 Å². The quantitative estimate of drug-likeness (QED) is 0.668. The fourth-order valence-corrected chi connectivity index (χ4v) is 1.96. The second kappa shape index (κ2) is 4.97. The highest BCUT2D eigenvalue weighted by Gasteiger charge is 2.24. The van der Waals surface area contributed by atoms with Gasteiger partial charge in [0, 0.05) is 6.54 Å². The van der Waals surface area contributed by atoms with Gasteiger partial charge in [0.2, 0.25) is 0 Å². The van der Waals surface area contributed by atoms with E-state index >= 15 is 0 Å². The van der Waals surface area contributed by atoms with Crippen molar-refractivity contribution in [1.82, 2.24) is 4.90 Å². The van der Waals surface area contributed by atoms with Crippen molar-refractivity contribution in [3.8, 4) is 0 Å². The van der Waals surface area contributed by atoms with E-state index in [-0.39, 0.29) is 0 Å². The fourth-order valence-electron chi connectivity index (χ4n) is 1.96. The number of hydrogen-bond donors (Lipinski definition) is 0. The molecule has 0 aromatic carbocycles. The molecule has 0 aromatic heterocycles. The smallest absolute Gasteiger partial charge is 0.0705 e. The van der Waals surface area contributed by atoms with Crippen LogP contribution in [0.25, 0.3) is 0 Å². The molecule has 0 bridgehead atoms. The van der Waals surface area contributed by atoms with Crippen LogP contribution in [0.15, 0.2) is 0 Å². The van der Waals surface area contributed by atoms with Gasteiger partial charge in [0.25, 0.3) is 0 Å². The summed E-state index contributed by atoms with van der Waals surface area (Å²) in [4.78, 5) is 2.22. The lowest BCUT2D eigenvalue weighted by molar-refractivity contribution is -0.0776. The monoisotopic (exact) mass is 185 g/mol. The molecule has 1 rings (SSSR count). The maximum Gasteiger partial charge on any atom is 0.0705 e. The predicted octanol–water partition coefficient (Wildman–Crippen LogP) is 2.14. The molecule has 2 unspecified atom stereocenters. The van der Waals surface area contributed by atoms with Crippen LogP contribution in [0.4, 0.5) is 0 Å². The van der Waals surface area contributed by atoms with Gasteiger partial charge in [-0.15, -0.1) is 0 Å². The zero-order chi connectivity index (χ0) is 9.84. The summed E-state index contributed by atoms with van der Waals surface area (Å²) >= 11 is 0. The van der Waals surface area contributed by atoms with E-state index in [1.54, 1.807) is 0 Å². The first-order chi connectivity index (χ1) is 6.09. The molecule has 0 aliphatic carbocycles. The highest BCUT2D eigenvalue weighted by Crippen LogP contribution is 2.24. The zero-order valence-corrected chi connectivity index (χ0v) is 9.42. The molecule has 0 aromatic rings. The molecule has 0 radical (unpaired) electrons. The Morgan fingerprint density at radius 3 is 2.54 bits per heavy atom. The van der Waals surface area contributed by atoms with Gasteiger partial charge in [-0.25, -0.2) is 0 Å². The SMILES string of the molecule is CC(C)C1CCCC(CN(C)C)O1. The summed E-state index contributed by atoms with van der Waals surface area (Å²) in [5, 5.41) is 0. The second-order valence-electron chi connectivity index (χ2n) is 4.73. The predicted molar refractivity (Wildman–Crippen MR) is 55.9 cm³/mol. The van der Waals surface area contributed by atoms with Gasteiger partial charge in [-0.3, -0.25) is 0 Å². The molecule has 1 aliphatic rings. The van der Waals surface area contributed by atoms with Crippen molar-refractivity contribution in [1.29, 1.82) is 0 Å². The molecule has 1 aliphatic heterocycles. The molecule has 2 heteroatoms. The van der Waals surface area contributed by atoms with Crippen LogP contribution >= 0.6 is 0 Å². The molecule has 2 atom stereocenters. The van der Waals surface area contributed by atoms with E-state index in [4.69, 9.17) is 4.74 Å². The van der Waals surface area contributed by atoms with Crippen LogP contribution in [0.2, 0.25) is 0 Å². The minimum atomic E-state index is 0.469. The van der Waals surface area contributed by atoms with E-state index in [2.05, 4.69) is 32.8 Å². The van der Waals surface area contributed by atoms with Crippen LogP contribution in [-0.4, -0.2) is 37.7 Å². The third kappa shape index (κ3) is 3.65. The van der Waals surface area contributed by atoms with Gasteiger partial charge < -0.3 is 9.64 Å². The highest BCUT2D eigenvalue weighted by atomic mass is 16.5. The molecule has 1 fully saturated rings. The maximum atomic E-state index is 6.02. The van der Waals surface area contributed by atoms with Gasteiger partial charge in [0.15, 0.2) is 0 Å². The Kier molecular flexibility index (Phi) is 4.20. The zero-order valence-electron chi connectivity index (χ0n) is 9.42. The lowest BCUT2D eigenvalue weighted by atomic mass is 9.96. The summed E-state index contributed by atoms with van der Waals surface area (Å²) < 4.78 is 6.02. The average molecular weight is 185 g/mol. The highest BCUT2D eigenvalue weighted by molar-refractivity contribution is 4.74. The van der Waals surface area contributed by atoms with Crippen LogP contribution in [-0.2, 0) is 4.74 Å². The van der Waals surface area contributed by atoms with Crippen LogP contribution in [0.5, 0.6) is 0 Å². The molecule has 0 saturated carbocycles. The lowest BCUT2D eigenvalue weighted by Gasteiger charge is -2.33. The standard InChI is InChI=1S/C11H23NO/c1-9(2)11-7-5-6-10(13-11)8-12(3)4/h9-11H,5-8H2,1-4H3. The molecular weight excluding hydrogens is 162 g/mol. The van der Waals surface area contributed by atoms with Crippen molar-refractivity contribution in [3.05, 3.63) is 0 Å². The topological polar surface area (TPSA) is 12.5 Å². The van der Waals surface area contributed by atoms with Gasteiger partial charge in [0.05, 0.1) is 12.2 Å². The second-order valence-corrected chi connectivity index (χ2v) is 4.73. The molecule has 78 valence electrons. The molecule has 2 nitrogen and oxygen atoms in total. The van der Waals surface area contributed by atoms with Gasteiger partial charge in [-0.1, -0.05) is 13.8 Å². The van der Waals surface area contributed by atoms with E-state index in [9.17, 15) is 0 Å². The Bertz CT molecular complexity index is 145. The molecule has 1 saturated heterocycles. The third-order valence-corrected chi connectivity index (χ3v) is 2.69. The lowest BCUT2D eigenvalue weighted by Crippen LogP contribution is -2.37. The Morgan fingerprint density at radius 1 is 1.31 bits per heavy atom. The summed E-state index contributed by atoms with van der Waals surface area (Å²) in [5.74, 6) is 0.671. The minimum absolute atomic E-state index is 0.469. The summed E-state index contributed by atoms with van der Waals surface area (Å²) in [7, 11) is 4.23. The summed E-state index contributed by atoms with van der Waals surface area (Å²) in [6.45, 7) is 5.58. The van der Waals surface area contributed by atoms with Crippen LogP contribution in [0.3, 0.4) is 0 Å². The van der Waals surface area contributed by atoms with Crippen molar-refractivity contribution in [2.75, 3.05) is 20.6 Å². The van der Waals surface area contributed by atoms with Gasteiger partial charge in [0.1, 0.15) is 0 Å².